The van der Waals surface area contributed by atoms with E-state index in [0.29, 0.717) is 5.56 Å². The topological polar surface area (TPSA) is 62.7 Å². The number of fused-ring (bicyclic) bond motifs is 10. The number of hydrogen-bond donors (Lipinski definition) is 0. The number of nitrogens with zero attached hydrogens (tertiary/aromatic N) is 3. The molecule has 0 bridgehead atoms. The SMILES string of the molecule is Fc1c[c-]c(-c2ccccn2)cc1.N#Cc1ccc2c(c1)oc1c2ccc2c3ccc[c-]c3c3ncccc3c21.[Ir]. The van der Waals surface area contributed by atoms with E-state index in [1.807, 2.05) is 54.7 Å². The molecule has 0 N–H and O–H groups in total. The van der Waals surface area contributed by atoms with Crippen molar-refractivity contribution in [3.63, 3.8) is 0 Å². The Morgan fingerprint density at radius 3 is 2.39 bits per heavy atom. The fourth-order valence-electron chi connectivity index (χ4n) is 5.15. The van der Waals surface area contributed by atoms with Gasteiger partial charge in [-0.15, -0.1) is 59.5 Å². The van der Waals surface area contributed by atoms with E-state index in [0.717, 1.165) is 65.6 Å². The van der Waals surface area contributed by atoms with E-state index in [4.69, 9.17) is 4.42 Å². The van der Waals surface area contributed by atoms with Crippen LogP contribution in [0.3, 0.4) is 0 Å². The molecule has 3 aromatic heterocycles. The number of furan rings is 1. The minimum Gasteiger partial charge on any atom is -0.455 e. The van der Waals surface area contributed by atoms with Gasteiger partial charge in [0.05, 0.1) is 11.6 Å². The molecule has 0 saturated carbocycles. The molecule has 0 amide bonds. The molecule has 0 fully saturated rings. The molecule has 0 atom stereocenters. The third kappa shape index (κ3) is 4.62. The standard InChI is InChI=1S/C24H11N2O.C11H7FN.Ir/c25-13-14-7-8-16-19-10-9-17-15-4-1-2-5-18(15)23-20(6-3-11-26-23)22(17)24(19)27-21(16)12-14;12-10-6-4-9(5-7-10)11-3-1-2-8-13-11;/h1-4,6-12H;1-4,6-8H;/q2*-1;. The van der Waals surface area contributed by atoms with Gasteiger partial charge in [-0.1, -0.05) is 35.7 Å². The minimum absolute atomic E-state index is 0. The van der Waals surface area contributed by atoms with Crippen LogP contribution in [0.2, 0.25) is 0 Å². The molecule has 0 unspecified atom stereocenters. The van der Waals surface area contributed by atoms with Crippen LogP contribution in [0, 0.1) is 29.3 Å². The van der Waals surface area contributed by atoms with E-state index in [2.05, 4.69) is 52.4 Å². The van der Waals surface area contributed by atoms with Gasteiger partial charge in [0.25, 0.3) is 0 Å². The molecule has 5 aromatic carbocycles. The van der Waals surface area contributed by atoms with Crippen LogP contribution in [0.5, 0.6) is 0 Å². The van der Waals surface area contributed by atoms with Crippen LogP contribution in [-0.2, 0) is 20.1 Å². The molecular weight excluding hydrogens is 690 g/mol. The number of aromatic nitrogens is 2. The molecule has 0 aliphatic rings. The first-order valence-electron chi connectivity index (χ1n) is 12.7. The zero-order valence-electron chi connectivity index (χ0n) is 21.4. The fraction of sp³-hybridized carbons (Fsp3) is 0. The van der Waals surface area contributed by atoms with Gasteiger partial charge in [-0.2, -0.15) is 5.26 Å². The Balaban J connectivity index is 0.000000183. The molecule has 4 nitrogen and oxygen atoms in total. The maximum absolute atomic E-state index is 12.6. The van der Waals surface area contributed by atoms with Crippen molar-refractivity contribution >= 4 is 54.4 Å². The zero-order valence-corrected chi connectivity index (χ0v) is 23.7. The molecule has 8 rings (SSSR count). The Kier molecular flexibility index (Phi) is 6.99. The average Bonchev–Trinajstić information content (AvgIpc) is 3.40. The van der Waals surface area contributed by atoms with Crippen molar-refractivity contribution in [2.75, 3.05) is 0 Å². The summed E-state index contributed by atoms with van der Waals surface area (Å²) in [6.07, 6.45) is 3.51. The molecule has 197 valence electrons. The van der Waals surface area contributed by atoms with Crippen molar-refractivity contribution in [3.05, 3.63) is 133 Å². The summed E-state index contributed by atoms with van der Waals surface area (Å²) < 4.78 is 18.8. The molecule has 0 aliphatic carbocycles. The summed E-state index contributed by atoms with van der Waals surface area (Å²) in [5, 5.41) is 16.6. The molecule has 0 aliphatic heterocycles. The maximum Gasteiger partial charge on any atom is 0.142 e. The van der Waals surface area contributed by atoms with Crippen molar-refractivity contribution in [1.82, 2.24) is 9.97 Å². The Morgan fingerprint density at radius 2 is 1.59 bits per heavy atom. The number of benzene rings is 5. The van der Waals surface area contributed by atoms with Gasteiger partial charge in [-0.05, 0) is 52.3 Å². The van der Waals surface area contributed by atoms with Gasteiger partial charge in [0, 0.05) is 54.5 Å². The minimum atomic E-state index is -0.278. The van der Waals surface area contributed by atoms with Crippen LogP contribution < -0.4 is 0 Å². The van der Waals surface area contributed by atoms with Crippen LogP contribution in [0.1, 0.15) is 5.56 Å². The predicted octanol–water partition coefficient (Wildman–Crippen LogP) is 8.80. The molecular formula is C35H18FIrN3O-2. The smallest absolute Gasteiger partial charge is 0.142 e. The Hall–Kier alpha value is -4.95. The quantitative estimate of drug-likeness (QED) is 0.126. The molecule has 0 spiro atoms. The van der Waals surface area contributed by atoms with Gasteiger partial charge in [0.1, 0.15) is 11.2 Å². The molecule has 0 saturated heterocycles. The maximum atomic E-state index is 12.6. The zero-order chi connectivity index (χ0) is 27.1. The summed E-state index contributed by atoms with van der Waals surface area (Å²) in [6, 6.07) is 38.2. The molecule has 3 heterocycles. The number of rotatable bonds is 1. The molecule has 1 radical (unpaired) electrons. The summed E-state index contributed by atoms with van der Waals surface area (Å²) in [4.78, 5) is 8.76. The Bertz CT molecular complexity index is 2200. The first-order valence-corrected chi connectivity index (χ1v) is 12.7. The summed E-state index contributed by atoms with van der Waals surface area (Å²) in [5.41, 5.74) is 4.70. The summed E-state index contributed by atoms with van der Waals surface area (Å²) >= 11 is 0. The summed E-state index contributed by atoms with van der Waals surface area (Å²) in [5.74, 6) is -0.278. The van der Waals surface area contributed by atoms with E-state index in [9.17, 15) is 9.65 Å². The van der Waals surface area contributed by atoms with Crippen LogP contribution in [-0.4, -0.2) is 9.97 Å². The third-order valence-electron chi connectivity index (χ3n) is 6.95. The molecule has 6 heteroatoms. The van der Waals surface area contributed by atoms with Gasteiger partial charge in [0.2, 0.25) is 0 Å². The van der Waals surface area contributed by atoms with Crippen molar-refractivity contribution in [2.24, 2.45) is 0 Å². The third-order valence-corrected chi connectivity index (χ3v) is 6.95. The summed E-state index contributed by atoms with van der Waals surface area (Å²) in [6.45, 7) is 0. The van der Waals surface area contributed by atoms with E-state index in [1.165, 1.54) is 12.1 Å². The van der Waals surface area contributed by atoms with Gasteiger partial charge in [0.15, 0.2) is 0 Å². The van der Waals surface area contributed by atoms with E-state index in [1.54, 1.807) is 18.3 Å². The normalized spacial score (nSPS) is 10.8. The van der Waals surface area contributed by atoms with Crippen molar-refractivity contribution in [1.29, 1.82) is 5.26 Å². The first-order chi connectivity index (χ1) is 19.7. The second kappa shape index (κ2) is 10.9. The van der Waals surface area contributed by atoms with Crippen molar-refractivity contribution < 1.29 is 28.9 Å². The van der Waals surface area contributed by atoms with Gasteiger partial charge >= 0.3 is 0 Å². The van der Waals surface area contributed by atoms with Crippen LogP contribution in [0.25, 0.3) is 65.6 Å². The predicted molar refractivity (Wildman–Crippen MR) is 156 cm³/mol. The first kappa shape index (κ1) is 26.3. The van der Waals surface area contributed by atoms with Crippen LogP contribution in [0.15, 0.2) is 114 Å². The van der Waals surface area contributed by atoms with Crippen molar-refractivity contribution in [2.45, 2.75) is 0 Å². The van der Waals surface area contributed by atoms with Gasteiger partial charge < -0.3 is 14.4 Å². The van der Waals surface area contributed by atoms with Crippen molar-refractivity contribution in [3.8, 4) is 17.3 Å². The number of nitriles is 1. The number of hydrogen-bond acceptors (Lipinski definition) is 4. The molecule has 8 aromatic rings. The number of pyridine rings is 2. The summed E-state index contributed by atoms with van der Waals surface area (Å²) in [7, 11) is 0. The van der Waals surface area contributed by atoms with E-state index in [-0.39, 0.29) is 25.9 Å². The second-order valence-electron chi connectivity index (χ2n) is 9.28. The number of halogens is 1. The largest absolute Gasteiger partial charge is 0.455 e. The Morgan fingerprint density at radius 1 is 0.756 bits per heavy atom. The van der Waals surface area contributed by atoms with E-state index >= 15 is 0 Å². The second-order valence-corrected chi connectivity index (χ2v) is 9.28. The van der Waals surface area contributed by atoms with Crippen LogP contribution >= 0.6 is 0 Å². The molecule has 41 heavy (non-hydrogen) atoms. The van der Waals surface area contributed by atoms with E-state index < -0.39 is 0 Å². The Labute approximate surface area is 248 Å². The fourth-order valence-corrected chi connectivity index (χ4v) is 5.15. The van der Waals surface area contributed by atoms with Crippen LogP contribution in [0.4, 0.5) is 4.39 Å². The average molecular weight is 708 g/mol. The monoisotopic (exact) mass is 708 g/mol. The van der Waals surface area contributed by atoms with Gasteiger partial charge in [-0.25, -0.2) is 0 Å². The van der Waals surface area contributed by atoms with Gasteiger partial charge in [-0.3, -0.25) is 4.39 Å².